The molecule has 0 fully saturated rings. The van der Waals surface area contributed by atoms with Gasteiger partial charge in [0.1, 0.15) is 5.75 Å². The Morgan fingerprint density at radius 2 is 1.78 bits per heavy atom. The number of hydrogen-bond donors (Lipinski definition) is 1. The number of rotatable bonds is 5. The first kappa shape index (κ1) is 20.6. The highest BCUT2D eigenvalue weighted by molar-refractivity contribution is 8.00. The molecule has 1 aliphatic rings. The van der Waals surface area contributed by atoms with Crippen LogP contribution in [0.2, 0.25) is 0 Å². The van der Waals surface area contributed by atoms with Gasteiger partial charge in [-0.2, -0.15) is 4.68 Å². The molecule has 160 valence electrons. The van der Waals surface area contributed by atoms with E-state index in [1.165, 1.54) is 11.8 Å². The van der Waals surface area contributed by atoms with E-state index >= 15 is 0 Å². The third-order valence-corrected chi connectivity index (χ3v) is 7.19. The molecule has 9 heteroatoms. The predicted octanol–water partition coefficient (Wildman–Crippen LogP) is 4.34. The molecule has 0 saturated heterocycles. The molecule has 1 amide bonds. The number of tetrazole rings is 1. The monoisotopic (exact) mass is 461 g/mol. The molecule has 1 aliphatic heterocycles. The van der Waals surface area contributed by atoms with Gasteiger partial charge in [-0.1, -0.05) is 54.2 Å². The molecular weight excluding hydrogens is 442 g/mol. The average molecular weight is 462 g/mol. The summed E-state index contributed by atoms with van der Waals surface area (Å²) in [6.45, 7) is 0. The first-order chi connectivity index (χ1) is 15.7. The van der Waals surface area contributed by atoms with Crippen molar-refractivity contribution in [2.45, 2.75) is 16.1 Å². The van der Waals surface area contributed by atoms with Gasteiger partial charge in [0, 0.05) is 10.6 Å². The summed E-state index contributed by atoms with van der Waals surface area (Å²) in [5, 5.41) is 21.9. The number of para-hydroxylation sites is 1. The first-order valence-corrected chi connectivity index (χ1v) is 12.0. The second kappa shape index (κ2) is 9.05. The molecule has 1 N–H and O–H groups in total. The quantitative estimate of drug-likeness (QED) is 0.443. The topological polar surface area (TPSA) is 84.1 Å². The number of aromatic nitrogens is 4. The number of carbonyl (C=O) groups is 1. The van der Waals surface area contributed by atoms with Crippen LogP contribution in [-0.2, 0) is 4.79 Å². The van der Waals surface area contributed by atoms with E-state index in [1.54, 1.807) is 40.7 Å². The van der Waals surface area contributed by atoms with Crippen LogP contribution in [0.1, 0.15) is 11.6 Å². The normalized spacial score (nSPS) is 15.4. The summed E-state index contributed by atoms with van der Waals surface area (Å²) >= 11 is 3.06. The molecule has 0 bridgehead atoms. The van der Waals surface area contributed by atoms with E-state index in [4.69, 9.17) is 0 Å². The van der Waals surface area contributed by atoms with Crippen molar-refractivity contribution < 1.29 is 9.90 Å². The Labute approximate surface area is 193 Å². The zero-order valence-corrected chi connectivity index (χ0v) is 18.5. The Hall–Kier alpha value is -3.30. The van der Waals surface area contributed by atoms with Crippen LogP contribution >= 0.6 is 23.5 Å². The van der Waals surface area contributed by atoms with Crippen LogP contribution in [0, 0.1) is 0 Å². The number of hydrogen-bond acceptors (Lipinski definition) is 7. The lowest BCUT2D eigenvalue weighted by molar-refractivity contribution is -0.116. The van der Waals surface area contributed by atoms with Crippen molar-refractivity contribution in [1.29, 1.82) is 0 Å². The fraction of sp³-hybridized carbons (Fsp3) is 0.130. The van der Waals surface area contributed by atoms with Crippen LogP contribution in [0.15, 0.2) is 88.9 Å². The van der Waals surface area contributed by atoms with E-state index in [0.29, 0.717) is 10.8 Å². The molecule has 0 aliphatic carbocycles. The summed E-state index contributed by atoms with van der Waals surface area (Å²) in [6.07, 6.45) is 0. The van der Waals surface area contributed by atoms with Gasteiger partial charge in [-0.05, 0) is 52.4 Å². The van der Waals surface area contributed by atoms with Crippen molar-refractivity contribution in [2.75, 3.05) is 16.4 Å². The molecule has 2 heterocycles. The molecule has 0 radical (unpaired) electrons. The Balaban J connectivity index is 1.40. The van der Waals surface area contributed by atoms with Crippen LogP contribution < -0.4 is 4.90 Å². The molecule has 1 aromatic heterocycles. The van der Waals surface area contributed by atoms with Gasteiger partial charge in [-0.3, -0.25) is 4.79 Å². The SMILES string of the molecule is O=C(CSc1nnnn1-c1ccc(O)cc1)N1c2ccccc2SC[C@@H]1c1ccccc1. The van der Waals surface area contributed by atoms with Gasteiger partial charge in [0.25, 0.3) is 0 Å². The van der Waals surface area contributed by atoms with Crippen LogP contribution in [-0.4, -0.2) is 42.7 Å². The van der Waals surface area contributed by atoms with Crippen LogP contribution in [0.4, 0.5) is 5.69 Å². The van der Waals surface area contributed by atoms with E-state index < -0.39 is 0 Å². The largest absolute Gasteiger partial charge is 0.508 e. The number of phenols is 1. The number of benzene rings is 3. The number of thioether (sulfide) groups is 2. The summed E-state index contributed by atoms with van der Waals surface area (Å²) in [7, 11) is 0. The zero-order valence-electron chi connectivity index (χ0n) is 16.9. The highest BCUT2D eigenvalue weighted by atomic mass is 32.2. The molecule has 0 unspecified atom stereocenters. The van der Waals surface area contributed by atoms with E-state index in [9.17, 15) is 9.90 Å². The third-order valence-electron chi connectivity index (χ3n) is 5.15. The number of anilines is 1. The Morgan fingerprint density at radius 3 is 2.59 bits per heavy atom. The number of aromatic hydroxyl groups is 1. The smallest absolute Gasteiger partial charge is 0.238 e. The second-order valence-electron chi connectivity index (χ2n) is 7.15. The van der Waals surface area contributed by atoms with Crippen molar-refractivity contribution in [3.05, 3.63) is 84.4 Å². The minimum atomic E-state index is -0.0442. The number of carbonyl (C=O) groups excluding carboxylic acids is 1. The maximum Gasteiger partial charge on any atom is 0.238 e. The van der Waals surface area contributed by atoms with Gasteiger partial charge < -0.3 is 10.0 Å². The van der Waals surface area contributed by atoms with E-state index in [1.807, 2.05) is 41.3 Å². The Morgan fingerprint density at radius 1 is 1.03 bits per heavy atom. The van der Waals surface area contributed by atoms with Gasteiger partial charge in [-0.15, -0.1) is 16.9 Å². The number of amides is 1. The number of phenolic OH excluding ortho intramolecular Hbond substituents is 1. The van der Waals surface area contributed by atoms with Crippen molar-refractivity contribution >= 4 is 35.1 Å². The van der Waals surface area contributed by atoms with Crippen LogP contribution in [0.5, 0.6) is 5.75 Å². The van der Waals surface area contributed by atoms with Crippen molar-refractivity contribution in [1.82, 2.24) is 20.2 Å². The average Bonchev–Trinajstić information content (AvgIpc) is 3.31. The number of nitrogens with zero attached hydrogens (tertiary/aromatic N) is 5. The first-order valence-electron chi connectivity index (χ1n) is 10.00. The van der Waals surface area contributed by atoms with Gasteiger partial charge in [-0.25, -0.2) is 0 Å². The van der Waals surface area contributed by atoms with Crippen molar-refractivity contribution in [2.24, 2.45) is 0 Å². The molecule has 0 spiro atoms. The third kappa shape index (κ3) is 4.09. The molecule has 3 aromatic carbocycles. The highest BCUT2D eigenvalue weighted by Crippen LogP contribution is 2.43. The maximum absolute atomic E-state index is 13.5. The van der Waals surface area contributed by atoms with Gasteiger partial charge >= 0.3 is 0 Å². The lowest BCUT2D eigenvalue weighted by Gasteiger charge is -2.37. The lowest BCUT2D eigenvalue weighted by atomic mass is 10.1. The predicted molar refractivity (Wildman–Crippen MR) is 125 cm³/mol. The standard InChI is InChI=1S/C23H19N5O2S2/c29-18-12-10-17(11-13-18)28-23(24-25-26-28)32-15-22(30)27-19-8-4-5-9-21(19)31-14-20(27)16-6-2-1-3-7-16/h1-13,20,29H,14-15H2/t20-/m1/s1. The summed E-state index contributed by atoms with van der Waals surface area (Å²) in [4.78, 5) is 16.5. The molecule has 0 saturated carbocycles. The fourth-order valence-corrected chi connectivity index (χ4v) is 5.56. The van der Waals surface area contributed by atoms with E-state index in [-0.39, 0.29) is 23.5 Å². The molecular formula is C23H19N5O2S2. The molecule has 1 atom stereocenters. The summed E-state index contributed by atoms with van der Waals surface area (Å²) in [5.41, 5.74) is 2.76. The van der Waals surface area contributed by atoms with Crippen molar-refractivity contribution in [3.8, 4) is 11.4 Å². The summed E-state index contributed by atoms with van der Waals surface area (Å²) in [6, 6.07) is 24.7. The fourth-order valence-electron chi connectivity index (χ4n) is 3.64. The maximum atomic E-state index is 13.5. The van der Waals surface area contributed by atoms with E-state index in [0.717, 1.165) is 21.9 Å². The van der Waals surface area contributed by atoms with Gasteiger partial charge in [0.15, 0.2) is 0 Å². The molecule has 32 heavy (non-hydrogen) atoms. The molecule has 7 nitrogen and oxygen atoms in total. The minimum Gasteiger partial charge on any atom is -0.508 e. The number of fused-ring (bicyclic) bond motifs is 1. The van der Waals surface area contributed by atoms with Crippen LogP contribution in [0.25, 0.3) is 5.69 Å². The zero-order chi connectivity index (χ0) is 21.9. The van der Waals surface area contributed by atoms with E-state index in [2.05, 4.69) is 33.7 Å². The minimum absolute atomic E-state index is 0.00291. The Kier molecular flexibility index (Phi) is 5.83. The second-order valence-corrected chi connectivity index (χ2v) is 9.15. The highest BCUT2D eigenvalue weighted by Gasteiger charge is 2.32. The lowest BCUT2D eigenvalue weighted by Crippen LogP contribution is -2.39. The van der Waals surface area contributed by atoms with Gasteiger partial charge in [0.05, 0.1) is 23.2 Å². The van der Waals surface area contributed by atoms with Gasteiger partial charge in [0.2, 0.25) is 11.1 Å². The van der Waals surface area contributed by atoms with Crippen molar-refractivity contribution in [3.63, 3.8) is 0 Å². The van der Waals surface area contributed by atoms with Crippen LogP contribution in [0.3, 0.4) is 0 Å². The molecule has 5 rings (SSSR count). The Bertz CT molecular complexity index is 1230. The molecule has 4 aromatic rings. The summed E-state index contributed by atoms with van der Waals surface area (Å²) in [5.74, 6) is 1.15. The summed E-state index contributed by atoms with van der Waals surface area (Å²) < 4.78 is 1.56.